The SMILES string of the molecule is CCCCNC(=S)N(Cc1ccco1)Cc1cc2cc(OCC)ccc2[nH]c1=O. The van der Waals surface area contributed by atoms with Crippen LogP contribution in [-0.4, -0.2) is 28.1 Å². The van der Waals surface area contributed by atoms with Gasteiger partial charge in [0.1, 0.15) is 11.5 Å². The highest BCUT2D eigenvalue weighted by molar-refractivity contribution is 7.80. The zero-order chi connectivity index (χ0) is 20.6. The van der Waals surface area contributed by atoms with Gasteiger partial charge in [0.15, 0.2) is 5.11 Å². The van der Waals surface area contributed by atoms with Crippen molar-refractivity contribution >= 4 is 28.2 Å². The normalized spacial score (nSPS) is 10.8. The summed E-state index contributed by atoms with van der Waals surface area (Å²) in [6.45, 7) is 6.34. The van der Waals surface area contributed by atoms with Crippen LogP contribution in [0.15, 0.2) is 51.9 Å². The fourth-order valence-corrected chi connectivity index (χ4v) is 3.31. The number of benzene rings is 1. The van der Waals surface area contributed by atoms with E-state index in [2.05, 4.69) is 17.2 Å². The van der Waals surface area contributed by atoms with Crippen molar-refractivity contribution in [1.82, 2.24) is 15.2 Å². The smallest absolute Gasteiger partial charge is 0.253 e. The van der Waals surface area contributed by atoms with Gasteiger partial charge in [0.25, 0.3) is 5.56 Å². The van der Waals surface area contributed by atoms with Crippen LogP contribution in [0.3, 0.4) is 0 Å². The second-order valence-corrected chi connectivity index (χ2v) is 7.21. The van der Waals surface area contributed by atoms with Crippen molar-refractivity contribution in [2.75, 3.05) is 13.2 Å². The summed E-state index contributed by atoms with van der Waals surface area (Å²) in [5.41, 5.74) is 1.29. The average Bonchev–Trinajstić information content (AvgIpc) is 3.22. The summed E-state index contributed by atoms with van der Waals surface area (Å²) in [6.07, 6.45) is 3.75. The summed E-state index contributed by atoms with van der Waals surface area (Å²) in [7, 11) is 0. The highest BCUT2D eigenvalue weighted by Crippen LogP contribution is 2.20. The molecule has 3 aromatic rings. The maximum absolute atomic E-state index is 12.7. The summed E-state index contributed by atoms with van der Waals surface area (Å²) in [4.78, 5) is 17.6. The quantitative estimate of drug-likeness (QED) is 0.405. The second-order valence-electron chi connectivity index (χ2n) is 6.83. The summed E-state index contributed by atoms with van der Waals surface area (Å²) in [5, 5.41) is 4.82. The molecule has 0 radical (unpaired) electrons. The summed E-state index contributed by atoms with van der Waals surface area (Å²) in [6, 6.07) is 11.3. The zero-order valence-electron chi connectivity index (χ0n) is 16.9. The van der Waals surface area contributed by atoms with Crippen LogP contribution in [0.2, 0.25) is 0 Å². The summed E-state index contributed by atoms with van der Waals surface area (Å²) >= 11 is 5.60. The average molecular weight is 414 g/mol. The Bertz CT molecular complexity index is 998. The van der Waals surface area contributed by atoms with E-state index < -0.39 is 0 Å². The minimum Gasteiger partial charge on any atom is -0.494 e. The van der Waals surface area contributed by atoms with Gasteiger partial charge in [-0.3, -0.25) is 4.79 Å². The van der Waals surface area contributed by atoms with Crippen LogP contribution in [0.1, 0.15) is 38.0 Å². The first kappa shape index (κ1) is 20.9. The first-order valence-electron chi connectivity index (χ1n) is 9.94. The van der Waals surface area contributed by atoms with E-state index in [0.29, 0.717) is 30.4 Å². The van der Waals surface area contributed by atoms with Crippen LogP contribution in [0.4, 0.5) is 0 Å². The molecule has 0 amide bonds. The largest absolute Gasteiger partial charge is 0.494 e. The monoisotopic (exact) mass is 413 g/mol. The number of furan rings is 1. The van der Waals surface area contributed by atoms with Gasteiger partial charge < -0.3 is 24.4 Å². The van der Waals surface area contributed by atoms with Crippen LogP contribution in [0.25, 0.3) is 10.9 Å². The van der Waals surface area contributed by atoms with E-state index in [4.69, 9.17) is 21.4 Å². The van der Waals surface area contributed by atoms with Gasteiger partial charge in [0.05, 0.1) is 26.0 Å². The lowest BCUT2D eigenvalue weighted by Crippen LogP contribution is -2.40. The number of thiocarbonyl (C=S) groups is 1. The number of aromatic amines is 1. The molecule has 0 aliphatic rings. The third-order valence-electron chi connectivity index (χ3n) is 4.59. The number of unbranched alkanes of at least 4 members (excludes halogenated alkanes) is 1. The molecule has 0 saturated heterocycles. The van der Waals surface area contributed by atoms with E-state index in [-0.39, 0.29) is 5.56 Å². The Morgan fingerprint density at radius 2 is 2.10 bits per heavy atom. The van der Waals surface area contributed by atoms with Gasteiger partial charge in [-0.05, 0) is 62.0 Å². The Morgan fingerprint density at radius 1 is 1.24 bits per heavy atom. The molecular weight excluding hydrogens is 386 g/mol. The predicted octanol–water partition coefficient (Wildman–Crippen LogP) is 4.20. The van der Waals surface area contributed by atoms with Crippen molar-refractivity contribution in [1.29, 1.82) is 0 Å². The van der Waals surface area contributed by atoms with Crippen molar-refractivity contribution in [2.24, 2.45) is 0 Å². The third-order valence-corrected chi connectivity index (χ3v) is 4.99. The number of pyridine rings is 1. The Balaban J connectivity index is 1.86. The van der Waals surface area contributed by atoms with Crippen LogP contribution >= 0.6 is 12.2 Å². The molecule has 2 heterocycles. The zero-order valence-corrected chi connectivity index (χ0v) is 17.7. The van der Waals surface area contributed by atoms with E-state index in [9.17, 15) is 4.79 Å². The number of hydrogen-bond donors (Lipinski definition) is 2. The lowest BCUT2D eigenvalue weighted by atomic mass is 10.1. The lowest BCUT2D eigenvalue weighted by molar-refractivity contribution is 0.340. The Hall–Kier alpha value is -2.80. The molecule has 0 bridgehead atoms. The van der Waals surface area contributed by atoms with E-state index in [1.54, 1.807) is 6.26 Å². The fourth-order valence-electron chi connectivity index (χ4n) is 3.08. The minimum atomic E-state index is -0.123. The van der Waals surface area contributed by atoms with Crippen molar-refractivity contribution in [3.63, 3.8) is 0 Å². The maximum Gasteiger partial charge on any atom is 0.253 e. The van der Waals surface area contributed by atoms with Crippen molar-refractivity contribution in [3.05, 3.63) is 64.3 Å². The molecule has 7 heteroatoms. The number of nitrogens with zero attached hydrogens (tertiary/aromatic N) is 1. The first-order chi connectivity index (χ1) is 14.1. The number of H-pyrrole nitrogens is 1. The fraction of sp³-hybridized carbons (Fsp3) is 0.364. The molecule has 0 saturated carbocycles. The number of fused-ring (bicyclic) bond motifs is 1. The highest BCUT2D eigenvalue weighted by atomic mass is 32.1. The van der Waals surface area contributed by atoms with Crippen LogP contribution in [0.5, 0.6) is 5.75 Å². The molecule has 29 heavy (non-hydrogen) atoms. The molecule has 2 aromatic heterocycles. The van der Waals surface area contributed by atoms with E-state index in [0.717, 1.165) is 41.8 Å². The second kappa shape index (κ2) is 10.1. The summed E-state index contributed by atoms with van der Waals surface area (Å²) < 4.78 is 11.1. The van der Waals surface area contributed by atoms with E-state index in [1.165, 1.54) is 0 Å². The number of aromatic nitrogens is 1. The predicted molar refractivity (Wildman–Crippen MR) is 119 cm³/mol. The molecule has 0 fully saturated rings. The molecule has 6 nitrogen and oxygen atoms in total. The molecular formula is C22H27N3O3S. The van der Waals surface area contributed by atoms with Gasteiger partial charge in [-0.15, -0.1) is 0 Å². The molecule has 0 atom stereocenters. The van der Waals surface area contributed by atoms with Crippen molar-refractivity contribution < 1.29 is 9.15 Å². The Kier molecular flexibility index (Phi) is 7.30. The van der Waals surface area contributed by atoms with Gasteiger partial charge in [-0.1, -0.05) is 13.3 Å². The minimum absolute atomic E-state index is 0.123. The molecule has 1 aromatic carbocycles. The topological polar surface area (TPSA) is 70.5 Å². The lowest BCUT2D eigenvalue weighted by Gasteiger charge is -2.25. The van der Waals surface area contributed by atoms with Gasteiger partial charge in [0, 0.05) is 23.0 Å². The Labute approximate surface area is 175 Å². The summed E-state index contributed by atoms with van der Waals surface area (Å²) in [5.74, 6) is 1.57. The van der Waals surface area contributed by atoms with Gasteiger partial charge >= 0.3 is 0 Å². The molecule has 0 aliphatic heterocycles. The van der Waals surface area contributed by atoms with E-state index in [1.807, 2.05) is 48.2 Å². The van der Waals surface area contributed by atoms with Crippen LogP contribution < -0.4 is 15.6 Å². The molecule has 154 valence electrons. The van der Waals surface area contributed by atoms with Crippen LogP contribution in [-0.2, 0) is 13.1 Å². The highest BCUT2D eigenvalue weighted by Gasteiger charge is 2.15. The van der Waals surface area contributed by atoms with E-state index >= 15 is 0 Å². The standard InChI is InChI=1S/C22H27N3O3S/c1-3-5-10-23-22(29)25(15-19-7-6-11-28-19)14-17-12-16-13-18(27-4-2)8-9-20(16)24-21(17)26/h6-9,11-13H,3-5,10,14-15H2,1-2H3,(H,23,29)(H,24,26). The molecule has 0 aliphatic carbocycles. The maximum atomic E-state index is 12.7. The van der Waals surface area contributed by atoms with Gasteiger partial charge in [-0.2, -0.15) is 0 Å². The van der Waals surface area contributed by atoms with Gasteiger partial charge in [0.2, 0.25) is 0 Å². The molecule has 0 unspecified atom stereocenters. The molecule has 3 rings (SSSR count). The molecule has 2 N–H and O–H groups in total. The number of hydrogen-bond acceptors (Lipinski definition) is 4. The third kappa shape index (κ3) is 5.60. The van der Waals surface area contributed by atoms with Crippen LogP contribution in [0, 0.1) is 0 Å². The number of rotatable bonds is 9. The first-order valence-corrected chi connectivity index (χ1v) is 10.4. The number of ether oxygens (including phenoxy) is 1. The van der Waals surface area contributed by atoms with Crippen molar-refractivity contribution in [2.45, 2.75) is 39.8 Å². The number of nitrogens with one attached hydrogen (secondary N) is 2. The van der Waals surface area contributed by atoms with Gasteiger partial charge in [-0.25, -0.2) is 0 Å². The Morgan fingerprint density at radius 3 is 2.83 bits per heavy atom. The molecule has 0 spiro atoms. The van der Waals surface area contributed by atoms with Crippen molar-refractivity contribution in [3.8, 4) is 5.75 Å².